The number of nitrogens with two attached hydrogens (primary N) is 1. The van der Waals surface area contributed by atoms with Crippen molar-refractivity contribution in [3.63, 3.8) is 0 Å². The second-order valence-corrected chi connectivity index (χ2v) is 5.40. The van der Waals surface area contributed by atoms with Crippen LogP contribution in [0.5, 0.6) is 0 Å². The molecule has 0 saturated carbocycles. The fraction of sp³-hybridized carbons (Fsp3) is 0.562. The Hall–Kier alpha value is -1.75. The van der Waals surface area contributed by atoms with Gasteiger partial charge in [0.05, 0.1) is 30.2 Å². The predicted molar refractivity (Wildman–Crippen MR) is 83.6 cm³/mol. The Kier molecular flexibility index (Phi) is 5.44. The number of hydrogen-bond donors (Lipinski definition) is 1. The van der Waals surface area contributed by atoms with Gasteiger partial charge in [0.15, 0.2) is 0 Å². The smallest absolute Gasteiger partial charge is 0.338 e. The van der Waals surface area contributed by atoms with Gasteiger partial charge < -0.3 is 20.1 Å². The predicted octanol–water partition coefficient (Wildman–Crippen LogP) is 2.31. The van der Waals surface area contributed by atoms with Gasteiger partial charge in [-0.1, -0.05) is 0 Å². The van der Waals surface area contributed by atoms with Crippen molar-refractivity contribution >= 4 is 17.3 Å². The number of benzene rings is 1. The first-order chi connectivity index (χ1) is 10.2. The number of ether oxygens (including phenoxy) is 2. The van der Waals surface area contributed by atoms with Gasteiger partial charge in [0.1, 0.15) is 0 Å². The molecule has 1 fully saturated rings. The van der Waals surface area contributed by atoms with Crippen LogP contribution in [0.15, 0.2) is 18.2 Å². The lowest BCUT2D eigenvalue weighted by molar-refractivity contribution is 0.0526. The minimum Gasteiger partial charge on any atom is -0.462 e. The molecule has 116 valence electrons. The molecule has 21 heavy (non-hydrogen) atoms. The molecular formula is C16H24N2O3. The Morgan fingerprint density at radius 3 is 2.95 bits per heavy atom. The van der Waals surface area contributed by atoms with E-state index in [-0.39, 0.29) is 5.97 Å². The van der Waals surface area contributed by atoms with Gasteiger partial charge in [0.25, 0.3) is 0 Å². The van der Waals surface area contributed by atoms with Gasteiger partial charge >= 0.3 is 5.97 Å². The molecule has 0 aromatic heterocycles. The van der Waals surface area contributed by atoms with Gasteiger partial charge in [-0.05, 0) is 43.9 Å². The number of carbonyl (C=O) groups excluding carboxylic acids is 1. The number of anilines is 2. The number of esters is 1. The number of methoxy groups -OCH3 is 1. The van der Waals surface area contributed by atoms with Crippen molar-refractivity contribution in [3.05, 3.63) is 23.8 Å². The molecule has 0 spiro atoms. The number of nitrogens with zero attached hydrogens (tertiary/aromatic N) is 1. The second kappa shape index (κ2) is 7.31. The van der Waals surface area contributed by atoms with Gasteiger partial charge in [0, 0.05) is 20.2 Å². The quantitative estimate of drug-likeness (QED) is 0.666. The Bertz CT molecular complexity index is 488. The van der Waals surface area contributed by atoms with E-state index < -0.39 is 0 Å². The maximum absolute atomic E-state index is 11.7. The standard InChI is InChI=1S/C16H24N2O3/c1-3-21-16(19)13-6-7-15(14(17)9-13)18-8-4-5-12(10-18)11-20-2/h6-7,9,12H,3-5,8,10-11,17H2,1-2H3. The number of piperidine rings is 1. The van der Waals surface area contributed by atoms with Crippen molar-refractivity contribution in [2.45, 2.75) is 19.8 Å². The second-order valence-electron chi connectivity index (χ2n) is 5.40. The largest absolute Gasteiger partial charge is 0.462 e. The maximum Gasteiger partial charge on any atom is 0.338 e. The first kappa shape index (κ1) is 15.6. The maximum atomic E-state index is 11.7. The molecule has 0 bridgehead atoms. The van der Waals surface area contributed by atoms with Gasteiger partial charge in [-0.3, -0.25) is 0 Å². The summed E-state index contributed by atoms with van der Waals surface area (Å²) in [4.78, 5) is 14.0. The lowest BCUT2D eigenvalue weighted by Crippen LogP contribution is -2.37. The highest BCUT2D eigenvalue weighted by atomic mass is 16.5. The highest BCUT2D eigenvalue weighted by Crippen LogP contribution is 2.29. The number of hydrogen-bond acceptors (Lipinski definition) is 5. The van der Waals surface area contributed by atoms with Crippen LogP contribution < -0.4 is 10.6 Å². The summed E-state index contributed by atoms with van der Waals surface area (Å²) in [6, 6.07) is 5.40. The van der Waals surface area contributed by atoms with E-state index in [4.69, 9.17) is 15.2 Å². The van der Waals surface area contributed by atoms with Crippen LogP contribution in [-0.4, -0.2) is 39.4 Å². The summed E-state index contributed by atoms with van der Waals surface area (Å²) >= 11 is 0. The van der Waals surface area contributed by atoms with Crippen LogP contribution in [-0.2, 0) is 9.47 Å². The highest BCUT2D eigenvalue weighted by molar-refractivity contribution is 5.92. The topological polar surface area (TPSA) is 64.8 Å². The average molecular weight is 292 g/mol. The summed E-state index contributed by atoms with van der Waals surface area (Å²) < 4.78 is 10.2. The molecule has 2 rings (SSSR count). The molecule has 5 heteroatoms. The van der Waals surface area contributed by atoms with Crippen LogP contribution in [0.4, 0.5) is 11.4 Å². The number of carbonyl (C=O) groups is 1. The van der Waals surface area contributed by atoms with Gasteiger partial charge in [-0.2, -0.15) is 0 Å². The fourth-order valence-electron chi connectivity index (χ4n) is 2.84. The third kappa shape index (κ3) is 3.88. The summed E-state index contributed by atoms with van der Waals surface area (Å²) in [6.07, 6.45) is 2.32. The molecule has 0 aliphatic carbocycles. The summed E-state index contributed by atoms with van der Waals surface area (Å²) in [5, 5.41) is 0. The van der Waals surface area contributed by atoms with Crippen molar-refractivity contribution in [1.82, 2.24) is 0 Å². The Balaban J connectivity index is 2.11. The Labute approximate surface area is 126 Å². The van der Waals surface area contributed by atoms with Crippen LogP contribution >= 0.6 is 0 Å². The Morgan fingerprint density at radius 1 is 1.48 bits per heavy atom. The van der Waals surface area contributed by atoms with E-state index in [0.717, 1.165) is 31.8 Å². The van der Waals surface area contributed by atoms with Crippen LogP contribution in [0.25, 0.3) is 0 Å². The Morgan fingerprint density at radius 2 is 2.29 bits per heavy atom. The van der Waals surface area contributed by atoms with E-state index in [1.807, 2.05) is 6.07 Å². The van der Waals surface area contributed by atoms with E-state index in [1.54, 1.807) is 26.2 Å². The van der Waals surface area contributed by atoms with Crippen molar-refractivity contribution in [2.75, 3.05) is 44.0 Å². The molecule has 2 N–H and O–H groups in total. The van der Waals surface area contributed by atoms with Crippen molar-refractivity contribution in [1.29, 1.82) is 0 Å². The van der Waals surface area contributed by atoms with Crippen LogP contribution in [0.1, 0.15) is 30.1 Å². The lowest BCUT2D eigenvalue weighted by Gasteiger charge is -2.34. The van der Waals surface area contributed by atoms with Crippen LogP contribution in [0.3, 0.4) is 0 Å². The molecule has 1 saturated heterocycles. The number of rotatable bonds is 5. The molecular weight excluding hydrogens is 268 g/mol. The third-order valence-corrected chi connectivity index (χ3v) is 3.80. The molecule has 0 radical (unpaired) electrons. The van der Waals surface area contributed by atoms with Crippen molar-refractivity contribution in [3.8, 4) is 0 Å². The molecule has 1 aliphatic heterocycles. The summed E-state index contributed by atoms with van der Waals surface area (Å²) in [5.74, 6) is 0.208. The molecule has 1 heterocycles. The molecule has 1 aromatic rings. The van der Waals surface area contributed by atoms with Gasteiger partial charge in [-0.25, -0.2) is 4.79 Å². The van der Waals surface area contributed by atoms with E-state index >= 15 is 0 Å². The SMILES string of the molecule is CCOC(=O)c1ccc(N2CCCC(COC)C2)c(N)c1. The van der Waals surface area contributed by atoms with E-state index in [9.17, 15) is 4.79 Å². The summed E-state index contributed by atoms with van der Waals surface area (Å²) in [5.41, 5.74) is 8.24. The third-order valence-electron chi connectivity index (χ3n) is 3.80. The molecule has 5 nitrogen and oxygen atoms in total. The number of nitrogen functional groups attached to an aromatic ring is 1. The minimum absolute atomic E-state index is 0.327. The van der Waals surface area contributed by atoms with E-state index in [1.165, 1.54) is 6.42 Å². The molecule has 1 unspecified atom stereocenters. The zero-order chi connectivity index (χ0) is 15.2. The molecule has 1 aliphatic rings. The zero-order valence-electron chi connectivity index (χ0n) is 12.8. The van der Waals surface area contributed by atoms with Gasteiger partial charge in [0.2, 0.25) is 0 Å². The summed E-state index contributed by atoms with van der Waals surface area (Å²) in [6.45, 7) is 4.86. The first-order valence-electron chi connectivity index (χ1n) is 7.46. The average Bonchev–Trinajstić information content (AvgIpc) is 2.48. The molecule has 0 amide bonds. The fourth-order valence-corrected chi connectivity index (χ4v) is 2.84. The minimum atomic E-state index is -0.327. The van der Waals surface area contributed by atoms with E-state index in [0.29, 0.717) is 23.8 Å². The lowest BCUT2D eigenvalue weighted by atomic mass is 9.98. The van der Waals surface area contributed by atoms with Crippen molar-refractivity contribution < 1.29 is 14.3 Å². The monoisotopic (exact) mass is 292 g/mol. The zero-order valence-corrected chi connectivity index (χ0v) is 12.8. The van der Waals surface area contributed by atoms with E-state index in [2.05, 4.69) is 4.90 Å². The normalized spacial score (nSPS) is 18.6. The van der Waals surface area contributed by atoms with Gasteiger partial charge in [-0.15, -0.1) is 0 Å². The molecule has 1 aromatic carbocycles. The summed E-state index contributed by atoms with van der Waals surface area (Å²) in [7, 11) is 1.74. The van der Waals surface area contributed by atoms with Crippen LogP contribution in [0, 0.1) is 5.92 Å². The molecule has 1 atom stereocenters. The first-order valence-corrected chi connectivity index (χ1v) is 7.46. The van der Waals surface area contributed by atoms with Crippen LogP contribution in [0.2, 0.25) is 0 Å². The highest BCUT2D eigenvalue weighted by Gasteiger charge is 2.22. The van der Waals surface area contributed by atoms with Crippen molar-refractivity contribution in [2.24, 2.45) is 5.92 Å².